The molecule has 2 unspecified atom stereocenters. The number of hydrogen-bond acceptors (Lipinski definition) is 9. The molecule has 7 rings (SSSR count). The SMILES string of the molecule is COc1ccc(C(=O)C2CC(CCN3CCC(Nc4nc5ccccc5n4Cc4ccc(Cl)s4)CC3)(c3ccc(F)c(F)c3)CN2)c(OC)c1OC. The van der Waals surface area contributed by atoms with E-state index in [9.17, 15) is 13.6 Å². The van der Waals surface area contributed by atoms with Gasteiger partial charge in [0.05, 0.1) is 54.8 Å². The van der Waals surface area contributed by atoms with Crippen molar-refractivity contribution in [2.45, 2.75) is 49.7 Å². The van der Waals surface area contributed by atoms with Gasteiger partial charge >= 0.3 is 0 Å². The minimum atomic E-state index is -0.895. The Balaban J connectivity index is 1.04. The Hall–Kier alpha value is -4.23. The fourth-order valence-electron chi connectivity index (χ4n) is 7.70. The van der Waals surface area contributed by atoms with Crippen LogP contribution in [0.5, 0.6) is 17.2 Å². The van der Waals surface area contributed by atoms with Gasteiger partial charge in [-0.3, -0.25) is 4.79 Å². The van der Waals surface area contributed by atoms with Gasteiger partial charge in [-0.2, -0.15) is 0 Å². The lowest BCUT2D eigenvalue weighted by Gasteiger charge is -2.36. The van der Waals surface area contributed by atoms with E-state index < -0.39 is 23.1 Å². The number of piperidine rings is 1. The standard InChI is InChI=1S/C39H42ClF2N5O4S/c1-49-33-12-10-27(36(50-2)37(33)51-3)35(48)31-21-39(23-43-31,24-8-11-28(41)29(42)20-24)16-19-46-17-14-25(15-18-46)44-38-45-30-6-4-5-7-32(30)47(38)22-26-9-13-34(40)52-26/h4-13,20,25,31,43H,14-19,21-23H2,1-3H3,(H,44,45). The molecule has 2 aliphatic heterocycles. The topological polar surface area (TPSA) is 89.9 Å². The molecule has 0 bridgehead atoms. The van der Waals surface area contributed by atoms with Crippen LogP contribution >= 0.6 is 22.9 Å². The van der Waals surface area contributed by atoms with E-state index in [-0.39, 0.29) is 11.8 Å². The number of carbonyl (C=O) groups is 1. The maximum absolute atomic E-state index is 14.7. The number of hydrogen-bond donors (Lipinski definition) is 2. The van der Waals surface area contributed by atoms with Crippen molar-refractivity contribution in [3.05, 3.63) is 98.7 Å². The van der Waals surface area contributed by atoms with Crippen LogP contribution in [0.25, 0.3) is 11.0 Å². The lowest BCUT2D eigenvalue weighted by atomic mass is 9.74. The fourth-order valence-corrected chi connectivity index (χ4v) is 8.77. The number of carbonyl (C=O) groups excluding carboxylic acids is 1. The normalized spacial score (nSPS) is 19.6. The predicted octanol–water partition coefficient (Wildman–Crippen LogP) is 7.55. The van der Waals surface area contributed by atoms with Gasteiger partial charge in [0.2, 0.25) is 11.7 Å². The van der Waals surface area contributed by atoms with Crippen molar-refractivity contribution in [1.82, 2.24) is 19.8 Å². The Morgan fingerprint density at radius 2 is 1.79 bits per heavy atom. The van der Waals surface area contributed by atoms with Crippen molar-refractivity contribution in [3.8, 4) is 17.2 Å². The molecule has 2 N–H and O–H groups in total. The van der Waals surface area contributed by atoms with Gasteiger partial charge in [-0.05, 0) is 86.3 Å². The lowest BCUT2D eigenvalue weighted by molar-refractivity contribution is 0.0944. The Bertz CT molecular complexity index is 2070. The van der Waals surface area contributed by atoms with Gasteiger partial charge in [-0.1, -0.05) is 29.8 Å². The van der Waals surface area contributed by atoms with Gasteiger partial charge in [0.25, 0.3) is 0 Å². The third-order valence-corrected chi connectivity index (χ3v) is 11.7. The van der Waals surface area contributed by atoms with Crippen LogP contribution in [0, 0.1) is 11.6 Å². The number of ketones is 1. The Morgan fingerprint density at radius 3 is 2.50 bits per heavy atom. The molecular weight excluding hydrogens is 708 g/mol. The van der Waals surface area contributed by atoms with E-state index in [0.717, 1.165) is 58.7 Å². The molecule has 0 radical (unpaired) electrons. The number of para-hydroxylation sites is 2. The quantitative estimate of drug-likeness (QED) is 0.119. The van der Waals surface area contributed by atoms with Gasteiger partial charge in [0.1, 0.15) is 0 Å². The molecular formula is C39H42ClF2N5O4S. The molecule has 2 saturated heterocycles. The second-order valence-electron chi connectivity index (χ2n) is 13.5. The zero-order chi connectivity index (χ0) is 36.4. The number of nitrogens with zero attached hydrogens (tertiary/aromatic N) is 3. The van der Waals surface area contributed by atoms with E-state index in [1.807, 2.05) is 24.3 Å². The molecule has 5 aromatic rings. The van der Waals surface area contributed by atoms with E-state index >= 15 is 0 Å². The molecule has 274 valence electrons. The summed E-state index contributed by atoms with van der Waals surface area (Å²) in [7, 11) is 4.50. The molecule has 0 aliphatic carbocycles. The molecule has 0 saturated carbocycles. The number of benzene rings is 3. The first-order valence-corrected chi connectivity index (χ1v) is 18.6. The summed E-state index contributed by atoms with van der Waals surface area (Å²) in [6.07, 6.45) is 2.92. The Morgan fingerprint density at radius 1 is 1.00 bits per heavy atom. The summed E-state index contributed by atoms with van der Waals surface area (Å²) in [6, 6.07) is 19.3. The zero-order valence-corrected chi connectivity index (χ0v) is 31.0. The number of imidazole rings is 1. The number of halogens is 3. The first kappa shape index (κ1) is 36.1. The van der Waals surface area contributed by atoms with E-state index in [2.05, 4.69) is 32.2 Å². The number of fused-ring (bicyclic) bond motifs is 1. The largest absolute Gasteiger partial charge is 0.493 e. The van der Waals surface area contributed by atoms with Crippen LogP contribution in [-0.2, 0) is 12.0 Å². The van der Waals surface area contributed by atoms with Crippen LogP contribution in [0.3, 0.4) is 0 Å². The Kier molecular flexibility index (Phi) is 10.7. The molecule has 2 atom stereocenters. The maximum atomic E-state index is 14.7. The average Bonchev–Trinajstić information content (AvgIpc) is 3.89. The number of aromatic nitrogens is 2. The van der Waals surface area contributed by atoms with Crippen LogP contribution in [0.4, 0.5) is 14.7 Å². The molecule has 0 amide bonds. The predicted molar refractivity (Wildman–Crippen MR) is 201 cm³/mol. The first-order chi connectivity index (χ1) is 25.2. The fraction of sp³-hybridized carbons (Fsp3) is 0.385. The number of likely N-dealkylation sites (tertiary alicyclic amines) is 1. The van der Waals surface area contributed by atoms with Crippen molar-refractivity contribution in [2.24, 2.45) is 0 Å². The highest BCUT2D eigenvalue weighted by Crippen LogP contribution is 2.43. The molecule has 52 heavy (non-hydrogen) atoms. The number of ether oxygens (including phenoxy) is 3. The monoisotopic (exact) mass is 749 g/mol. The summed E-state index contributed by atoms with van der Waals surface area (Å²) in [5.41, 5.74) is 2.46. The van der Waals surface area contributed by atoms with Gasteiger partial charge < -0.3 is 34.3 Å². The van der Waals surface area contributed by atoms with E-state index in [4.69, 9.17) is 30.8 Å². The molecule has 13 heteroatoms. The van der Waals surface area contributed by atoms with Crippen molar-refractivity contribution < 1.29 is 27.8 Å². The van der Waals surface area contributed by atoms with Gasteiger partial charge in [0, 0.05) is 36.0 Å². The smallest absolute Gasteiger partial charge is 0.204 e. The van der Waals surface area contributed by atoms with Crippen LogP contribution in [0.2, 0.25) is 4.34 Å². The molecule has 2 fully saturated rings. The highest BCUT2D eigenvalue weighted by atomic mass is 35.5. The summed E-state index contributed by atoms with van der Waals surface area (Å²) in [4.78, 5) is 22.5. The third kappa shape index (κ3) is 7.21. The summed E-state index contributed by atoms with van der Waals surface area (Å²) in [5, 5.41) is 7.15. The van der Waals surface area contributed by atoms with E-state index in [1.54, 1.807) is 29.5 Å². The summed E-state index contributed by atoms with van der Waals surface area (Å²) >= 11 is 7.81. The number of Topliss-reactive ketones (excluding diaryl/α,β-unsaturated/α-hetero) is 1. The minimum Gasteiger partial charge on any atom is -0.493 e. The average molecular weight is 750 g/mol. The number of rotatable bonds is 13. The second-order valence-corrected chi connectivity index (χ2v) is 15.3. The van der Waals surface area contributed by atoms with E-state index in [1.165, 1.54) is 33.5 Å². The molecule has 2 aromatic heterocycles. The van der Waals surface area contributed by atoms with Gasteiger partial charge in [0.15, 0.2) is 28.9 Å². The summed E-state index contributed by atoms with van der Waals surface area (Å²) < 4.78 is 48.3. The van der Waals surface area contributed by atoms with Crippen LogP contribution in [0.15, 0.2) is 66.7 Å². The Labute approximate surface area is 310 Å². The minimum absolute atomic E-state index is 0.164. The third-order valence-electron chi connectivity index (χ3n) is 10.5. The molecule has 2 aliphatic rings. The summed E-state index contributed by atoms with van der Waals surface area (Å²) in [5.74, 6) is -0.0243. The second kappa shape index (κ2) is 15.4. The highest BCUT2D eigenvalue weighted by Gasteiger charge is 2.44. The van der Waals surface area contributed by atoms with Crippen molar-refractivity contribution in [2.75, 3.05) is 52.8 Å². The number of nitrogens with one attached hydrogen (secondary N) is 2. The number of thiophene rings is 1. The van der Waals surface area contributed by atoms with Gasteiger partial charge in [-0.25, -0.2) is 13.8 Å². The van der Waals surface area contributed by atoms with E-state index in [0.29, 0.717) is 54.3 Å². The molecule has 3 aromatic carbocycles. The highest BCUT2D eigenvalue weighted by molar-refractivity contribution is 7.16. The lowest BCUT2D eigenvalue weighted by Crippen LogP contribution is -2.42. The van der Waals surface area contributed by atoms with Crippen LogP contribution in [-0.4, -0.2) is 79.8 Å². The van der Waals surface area contributed by atoms with Crippen LogP contribution < -0.4 is 24.8 Å². The van der Waals surface area contributed by atoms with Gasteiger partial charge in [-0.15, -0.1) is 11.3 Å². The van der Waals surface area contributed by atoms with Crippen LogP contribution in [0.1, 0.15) is 46.5 Å². The maximum Gasteiger partial charge on any atom is 0.204 e. The summed E-state index contributed by atoms with van der Waals surface area (Å²) in [6.45, 7) is 3.59. The molecule has 4 heterocycles. The first-order valence-electron chi connectivity index (χ1n) is 17.4. The van der Waals surface area contributed by atoms with Crippen molar-refractivity contribution in [1.29, 1.82) is 0 Å². The van der Waals surface area contributed by atoms with Crippen molar-refractivity contribution in [3.63, 3.8) is 0 Å². The van der Waals surface area contributed by atoms with Crippen molar-refractivity contribution >= 4 is 45.7 Å². The zero-order valence-electron chi connectivity index (χ0n) is 29.4. The molecule has 0 spiro atoms. The number of anilines is 1. The number of methoxy groups -OCH3 is 3. The molecule has 9 nitrogen and oxygen atoms in total.